The quantitative estimate of drug-likeness (QED) is 0.926. The molecule has 0 bridgehead atoms. The van der Waals surface area contributed by atoms with E-state index < -0.39 is 5.91 Å². The fraction of sp³-hybridized carbons (Fsp3) is 0.0769. The Hall–Kier alpha value is -1.46. The van der Waals surface area contributed by atoms with Gasteiger partial charge in [0.25, 0.3) is 5.91 Å². The molecule has 0 fully saturated rings. The summed E-state index contributed by atoms with van der Waals surface area (Å²) in [5.41, 5.74) is 0.655. The van der Waals surface area contributed by atoms with Gasteiger partial charge in [0.15, 0.2) is 0 Å². The van der Waals surface area contributed by atoms with Gasteiger partial charge in [-0.2, -0.15) is 0 Å². The molecule has 1 aromatic carbocycles. The van der Waals surface area contributed by atoms with Crippen molar-refractivity contribution in [3.63, 3.8) is 0 Å². The number of benzene rings is 1. The van der Waals surface area contributed by atoms with E-state index in [1.165, 1.54) is 24.5 Å². The van der Waals surface area contributed by atoms with Crippen molar-refractivity contribution >= 4 is 33.4 Å². The van der Waals surface area contributed by atoms with E-state index in [0.717, 1.165) is 4.47 Å². The van der Waals surface area contributed by atoms with E-state index in [-0.39, 0.29) is 17.9 Å². The Labute approximate surface area is 122 Å². The van der Waals surface area contributed by atoms with Gasteiger partial charge >= 0.3 is 0 Å². The second-order valence-electron chi connectivity index (χ2n) is 3.77. The maximum Gasteiger partial charge on any atom is 0.254 e. The predicted molar refractivity (Wildman–Crippen MR) is 74.5 cm³/mol. The van der Waals surface area contributed by atoms with Crippen molar-refractivity contribution in [2.75, 3.05) is 0 Å². The highest BCUT2D eigenvalue weighted by molar-refractivity contribution is 9.10. The Bertz CT molecular complexity index is 621. The normalized spacial score (nSPS) is 10.3. The molecule has 1 aromatic heterocycles. The molecular formula is C13H9BrClFN2O. The minimum atomic E-state index is -0.391. The van der Waals surface area contributed by atoms with Crippen molar-refractivity contribution in [1.82, 2.24) is 10.3 Å². The number of amides is 1. The van der Waals surface area contributed by atoms with Crippen LogP contribution in [-0.2, 0) is 6.54 Å². The van der Waals surface area contributed by atoms with E-state index in [2.05, 4.69) is 26.2 Å². The van der Waals surface area contributed by atoms with Crippen LogP contribution in [0.25, 0.3) is 0 Å². The van der Waals surface area contributed by atoms with Crippen LogP contribution in [0.2, 0.25) is 5.02 Å². The lowest BCUT2D eigenvalue weighted by molar-refractivity contribution is 0.0950. The summed E-state index contributed by atoms with van der Waals surface area (Å²) in [6.07, 6.45) is 2.86. The topological polar surface area (TPSA) is 42.0 Å². The summed E-state index contributed by atoms with van der Waals surface area (Å²) in [5.74, 6) is -0.766. The van der Waals surface area contributed by atoms with Crippen LogP contribution in [0.3, 0.4) is 0 Å². The summed E-state index contributed by atoms with van der Waals surface area (Å²) in [7, 11) is 0. The van der Waals surface area contributed by atoms with Gasteiger partial charge in [0.05, 0.1) is 10.6 Å². The summed E-state index contributed by atoms with van der Waals surface area (Å²) in [6, 6.07) is 6.07. The predicted octanol–water partition coefficient (Wildman–Crippen LogP) is 3.57. The van der Waals surface area contributed by atoms with Gasteiger partial charge < -0.3 is 5.32 Å². The monoisotopic (exact) mass is 342 g/mol. The van der Waals surface area contributed by atoms with Crippen LogP contribution in [-0.4, -0.2) is 10.9 Å². The minimum Gasteiger partial charge on any atom is -0.348 e. The fourth-order valence-electron chi connectivity index (χ4n) is 1.49. The zero-order valence-electron chi connectivity index (χ0n) is 9.66. The third kappa shape index (κ3) is 3.52. The van der Waals surface area contributed by atoms with E-state index in [1.807, 2.05) is 0 Å². The Morgan fingerprint density at radius 3 is 2.95 bits per heavy atom. The number of carbonyl (C=O) groups is 1. The Kier molecular flexibility index (Phi) is 4.50. The molecule has 3 nitrogen and oxygen atoms in total. The average Bonchev–Trinajstić information content (AvgIpc) is 2.40. The van der Waals surface area contributed by atoms with Crippen molar-refractivity contribution < 1.29 is 9.18 Å². The second-order valence-corrected chi connectivity index (χ2v) is 5.10. The SMILES string of the molecule is O=C(NCc1cc(Br)ccc1F)c1cnccc1Cl. The first-order valence-corrected chi connectivity index (χ1v) is 6.56. The number of rotatable bonds is 3. The molecule has 19 heavy (non-hydrogen) atoms. The smallest absolute Gasteiger partial charge is 0.254 e. The van der Waals surface area contributed by atoms with Crippen molar-refractivity contribution in [3.8, 4) is 0 Å². The van der Waals surface area contributed by atoms with Crippen molar-refractivity contribution in [2.45, 2.75) is 6.54 Å². The van der Waals surface area contributed by atoms with Crippen molar-refractivity contribution in [3.05, 3.63) is 63.1 Å². The van der Waals surface area contributed by atoms with Gasteiger partial charge in [-0.15, -0.1) is 0 Å². The highest BCUT2D eigenvalue weighted by Gasteiger charge is 2.11. The van der Waals surface area contributed by atoms with E-state index >= 15 is 0 Å². The lowest BCUT2D eigenvalue weighted by Crippen LogP contribution is -2.23. The molecule has 2 rings (SSSR count). The van der Waals surface area contributed by atoms with Gasteiger partial charge in [-0.05, 0) is 24.3 Å². The first-order chi connectivity index (χ1) is 9.08. The van der Waals surface area contributed by atoms with Gasteiger partial charge in [0.1, 0.15) is 5.82 Å². The summed E-state index contributed by atoms with van der Waals surface area (Å²) < 4.78 is 14.2. The van der Waals surface area contributed by atoms with Crippen LogP contribution >= 0.6 is 27.5 Å². The number of nitrogens with one attached hydrogen (secondary N) is 1. The number of nitrogens with zero attached hydrogens (tertiary/aromatic N) is 1. The minimum absolute atomic E-state index is 0.0787. The first kappa shape index (κ1) is 14.0. The summed E-state index contributed by atoms with van der Waals surface area (Å²) in [4.78, 5) is 15.7. The lowest BCUT2D eigenvalue weighted by Gasteiger charge is -2.07. The molecule has 0 aliphatic rings. The number of aromatic nitrogens is 1. The van der Waals surface area contributed by atoms with Crippen LogP contribution in [0.15, 0.2) is 41.1 Å². The van der Waals surface area contributed by atoms with Gasteiger partial charge in [-0.25, -0.2) is 4.39 Å². The molecule has 2 aromatic rings. The molecule has 0 saturated heterocycles. The zero-order chi connectivity index (χ0) is 13.8. The standard InChI is InChI=1S/C13H9BrClFN2O/c14-9-1-2-12(16)8(5-9)6-18-13(19)10-7-17-4-3-11(10)15/h1-5,7H,6H2,(H,18,19). The number of hydrogen-bond acceptors (Lipinski definition) is 2. The summed E-state index contributed by atoms with van der Waals surface area (Å²) >= 11 is 9.12. The fourth-order valence-corrected chi connectivity index (χ4v) is 2.09. The van der Waals surface area contributed by atoms with E-state index in [1.54, 1.807) is 12.1 Å². The number of halogens is 3. The Morgan fingerprint density at radius 2 is 2.21 bits per heavy atom. The zero-order valence-corrected chi connectivity index (χ0v) is 12.0. The van der Waals surface area contributed by atoms with Crippen LogP contribution in [0.5, 0.6) is 0 Å². The largest absolute Gasteiger partial charge is 0.348 e. The molecule has 98 valence electrons. The molecular weight excluding hydrogens is 335 g/mol. The Balaban J connectivity index is 2.09. The van der Waals surface area contributed by atoms with E-state index in [9.17, 15) is 9.18 Å². The Morgan fingerprint density at radius 1 is 1.42 bits per heavy atom. The molecule has 1 amide bonds. The van der Waals surface area contributed by atoms with Crippen LogP contribution in [0.1, 0.15) is 15.9 Å². The first-order valence-electron chi connectivity index (χ1n) is 5.39. The highest BCUT2D eigenvalue weighted by Crippen LogP contribution is 2.16. The second kappa shape index (κ2) is 6.12. The van der Waals surface area contributed by atoms with E-state index in [0.29, 0.717) is 10.6 Å². The van der Waals surface area contributed by atoms with Crippen LogP contribution < -0.4 is 5.32 Å². The van der Waals surface area contributed by atoms with Crippen LogP contribution in [0, 0.1) is 5.82 Å². The van der Waals surface area contributed by atoms with Crippen LogP contribution in [0.4, 0.5) is 4.39 Å². The molecule has 0 atom stereocenters. The number of hydrogen-bond donors (Lipinski definition) is 1. The third-order valence-electron chi connectivity index (χ3n) is 2.46. The third-order valence-corrected chi connectivity index (χ3v) is 3.28. The lowest BCUT2D eigenvalue weighted by atomic mass is 10.2. The molecule has 6 heteroatoms. The number of pyridine rings is 1. The molecule has 0 aliphatic carbocycles. The summed E-state index contributed by atoms with van der Waals surface area (Å²) in [6.45, 7) is 0.0787. The average molecular weight is 344 g/mol. The van der Waals surface area contributed by atoms with Gasteiger partial charge in [0, 0.05) is 29.0 Å². The van der Waals surface area contributed by atoms with Gasteiger partial charge in [-0.3, -0.25) is 9.78 Å². The van der Waals surface area contributed by atoms with Gasteiger partial charge in [-0.1, -0.05) is 27.5 Å². The molecule has 0 spiro atoms. The molecule has 0 aliphatic heterocycles. The highest BCUT2D eigenvalue weighted by atomic mass is 79.9. The summed E-state index contributed by atoms with van der Waals surface area (Å²) in [5, 5.41) is 2.91. The molecule has 1 N–H and O–H groups in total. The number of carbonyl (C=O) groups excluding carboxylic acids is 1. The maximum absolute atomic E-state index is 13.5. The molecule has 0 radical (unpaired) electrons. The van der Waals surface area contributed by atoms with E-state index in [4.69, 9.17) is 11.6 Å². The van der Waals surface area contributed by atoms with Crippen molar-refractivity contribution in [1.29, 1.82) is 0 Å². The van der Waals surface area contributed by atoms with Gasteiger partial charge in [0.2, 0.25) is 0 Å². The molecule has 0 unspecified atom stereocenters. The molecule has 1 heterocycles. The van der Waals surface area contributed by atoms with Crippen molar-refractivity contribution in [2.24, 2.45) is 0 Å². The molecule has 0 saturated carbocycles. The maximum atomic E-state index is 13.5.